The number of carbonyl (C=O) groups excluding carboxylic acids is 1. The molecule has 0 aliphatic heterocycles. The molecule has 0 unspecified atom stereocenters. The minimum Gasteiger partial charge on any atom is -0.375 e. The molecule has 27 heavy (non-hydrogen) atoms. The van der Waals surface area contributed by atoms with Crippen molar-refractivity contribution in [1.82, 2.24) is 20.4 Å². The van der Waals surface area contributed by atoms with Gasteiger partial charge in [0.05, 0.1) is 27.0 Å². The molecule has 0 atom stereocenters. The highest BCUT2D eigenvalue weighted by Gasteiger charge is 2.32. The number of carbonyl (C=O) groups is 1. The number of nitrogens with one attached hydrogen (secondary N) is 1. The molecule has 0 aromatic carbocycles. The number of aromatic nitrogens is 2. The van der Waals surface area contributed by atoms with Crippen molar-refractivity contribution in [3.8, 4) is 11.3 Å². The summed E-state index contributed by atoms with van der Waals surface area (Å²) in [5.74, 6) is -0.581. The molecule has 0 aliphatic rings. The number of fused-ring (bicyclic) bond motifs is 1. The van der Waals surface area contributed by atoms with Gasteiger partial charge in [-0.05, 0) is 30.4 Å². The lowest BCUT2D eigenvalue weighted by atomic mass is 10.1. The Labute approximate surface area is 160 Å². The largest absolute Gasteiger partial charge is 0.417 e. The standard InChI is InChI=1S/C16H12F3N5OS2/c1-24(15(20)26)23-14(25)13-11(9-4-2-3-5-21-9)12-10(27-13)6-8(7-22-12)16(17,18)19/h2-7H,1H3,(H2,20,26)(H,23,25). The number of amides is 1. The van der Waals surface area contributed by atoms with E-state index in [1.54, 1.807) is 18.2 Å². The van der Waals surface area contributed by atoms with Gasteiger partial charge in [-0.3, -0.25) is 25.2 Å². The van der Waals surface area contributed by atoms with Crippen molar-refractivity contribution < 1.29 is 18.0 Å². The summed E-state index contributed by atoms with van der Waals surface area (Å²) < 4.78 is 39.2. The van der Waals surface area contributed by atoms with Crippen LogP contribution in [0.5, 0.6) is 0 Å². The van der Waals surface area contributed by atoms with Gasteiger partial charge in [-0.2, -0.15) is 13.2 Å². The van der Waals surface area contributed by atoms with E-state index in [9.17, 15) is 18.0 Å². The summed E-state index contributed by atoms with van der Waals surface area (Å²) in [5.41, 5.74) is 8.05. The predicted octanol–water partition coefficient (Wildman–Crippen LogP) is 3.20. The summed E-state index contributed by atoms with van der Waals surface area (Å²) in [5, 5.41) is 1.07. The van der Waals surface area contributed by atoms with Crippen molar-refractivity contribution in [2.45, 2.75) is 6.18 Å². The summed E-state index contributed by atoms with van der Waals surface area (Å²) in [4.78, 5) is 21.0. The number of rotatable bonds is 2. The fraction of sp³-hybridized carbons (Fsp3) is 0.125. The second-order valence-electron chi connectivity index (χ2n) is 5.43. The fourth-order valence-corrected chi connectivity index (χ4v) is 3.44. The minimum atomic E-state index is -4.54. The van der Waals surface area contributed by atoms with Gasteiger partial charge in [-0.1, -0.05) is 6.07 Å². The van der Waals surface area contributed by atoms with Crippen LogP contribution in [0, 0.1) is 0 Å². The van der Waals surface area contributed by atoms with Crippen molar-refractivity contribution >= 4 is 44.8 Å². The zero-order valence-electron chi connectivity index (χ0n) is 13.7. The van der Waals surface area contributed by atoms with E-state index < -0.39 is 17.6 Å². The Hall–Kier alpha value is -2.79. The van der Waals surface area contributed by atoms with Crippen LogP contribution in [-0.4, -0.2) is 33.0 Å². The van der Waals surface area contributed by atoms with Crippen LogP contribution in [0.2, 0.25) is 0 Å². The number of nitrogens with zero attached hydrogens (tertiary/aromatic N) is 3. The van der Waals surface area contributed by atoms with E-state index in [1.807, 2.05) is 0 Å². The van der Waals surface area contributed by atoms with Gasteiger partial charge in [-0.25, -0.2) is 0 Å². The maximum absolute atomic E-state index is 13.0. The minimum absolute atomic E-state index is 0.0682. The molecule has 140 valence electrons. The lowest BCUT2D eigenvalue weighted by Gasteiger charge is -2.17. The molecule has 0 fully saturated rings. The smallest absolute Gasteiger partial charge is 0.375 e. The van der Waals surface area contributed by atoms with E-state index in [0.29, 0.717) is 11.3 Å². The Morgan fingerprint density at radius 2 is 2.07 bits per heavy atom. The van der Waals surface area contributed by atoms with Crippen LogP contribution in [0.1, 0.15) is 15.2 Å². The predicted molar refractivity (Wildman–Crippen MR) is 99.9 cm³/mol. The zero-order valence-corrected chi connectivity index (χ0v) is 15.4. The molecule has 1 amide bonds. The van der Waals surface area contributed by atoms with Crippen LogP contribution >= 0.6 is 23.6 Å². The molecule has 0 radical (unpaired) electrons. The lowest BCUT2D eigenvalue weighted by Crippen LogP contribution is -2.45. The average molecular weight is 411 g/mol. The molecular weight excluding hydrogens is 399 g/mol. The normalized spacial score (nSPS) is 11.4. The van der Waals surface area contributed by atoms with Crippen molar-refractivity contribution in [2.75, 3.05) is 7.05 Å². The molecule has 0 aliphatic carbocycles. The Balaban J connectivity index is 2.18. The molecule has 0 spiro atoms. The first-order valence-corrected chi connectivity index (χ1v) is 8.66. The number of hydrogen-bond acceptors (Lipinski definition) is 5. The van der Waals surface area contributed by atoms with E-state index in [0.717, 1.165) is 28.6 Å². The van der Waals surface area contributed by atoms with Crippen molar-refractivity contribution in [1.29, 1.82) is 0 Å². The molecular formula is C16H12F3N5OS2. The highest BCUT2D eigenvalue weighted by Crippen LogP contribution is 2.39. The third-order valence-electron chi connectivity index (χ3n) is 3.58. The van der Waals surface area contributed by atoms with Crippen molar-refractivity contribution in [3.63, 3.8) is 0 Å². The number of thiocarbonyl (C=S) groups is 1. The monoisotopic (exact) mass is 411 g/mol. The van der Waals surface area contributed by atoms with Gasteiger partial charge >= 0.3 is 6.18 Å². The fourth-order valence-electron chi connectivity index (χ4n) is 2.30. The molecule has 3 aromatic heterocycles. The Morgan fingerprint density at radius 3 is 2.67 bits per heavy atom. The first kappa shape index (κ1) is 19.0. The van der Waals surface area contributed by atoms with Crippen LogP contribution in [0.15, 0.2) is 36.7 Å². The lowest BCUT2D eigenvalue weighted by molar-refractivity contribution is -0.137. The number of hydrazine groups is 1. The van der Waals surface area contributed by atoms with Crippen molar-refractivity contribution in [2.24, 2.45) is 5.73 Å². The number of thiophene rings is 1. The Morgan fingerprint density at radius 1 is 1.33 bits per heavy atom. The van der Waals surface area contributed by atoms with E-state index in [4.69, 9.17) is 18.0 Å². The Kier molecular flexibility index (Phi) is 4.98. The van der Waals surface area contributed by atoms with Crippen LogP contribution in [0.3, 0.4) is 0 Å². The number of pyridine rings is 2. The van der Waals surface area contributed by atoms with Gasteiger partial charge in [0.25, 0.3) is 5.91 Å². The summed E-state index contributed by atoms with van der Waals surface area (Å²) >= 11 is 5.66. The molecule has 0 bridgehead atoms. The van der Waals surface area contributed by atoms with Gasteiger partial charge in [0.2, 0.25) is 0 Å². The second kappa shape index (κ2) is 7.08. The summed E-state index contributed by atoms with van der Waals surface area (Å²) in [6.45, 7) is 0. The van der Waals surface area contributed by atoms with Crippen LogP contribution in [0.25, 0.3) is 21.5 Å². The quantitative estimate of drug-likeness (QED) is 0.498. The second-order valence-corrected chi connectivity index (χ2v) is 6.90. The summed E-state index contributed by atoms with van der Waals surface area (Å²) in [6, 6.07) is 6.01. The first-order valence-electron chi connectivity index (χ1n) is 7.43. The van der Waals surface area contributed by atoms with Crippen molar-refractivity contribution in [3.05, 3.63) is 47.1 Å². The third-order valence-corrected chi connectivity index (χ3v) is 4.98. The summed E-state index contributed by atoms with van der Waals surface area (Å²) in [7, 11) is 1.45. The highest BCUT2D eigenvalue weighted by atomic mass is 32.1. The number of halogens is 3. The molecule has 0 saturated carbocycles. The molecule has 3 heterocycles. The van der Waals surface area contributed by atoms with Gasteiger partial charge in [0.15, 0.2) is 5.11 Å². The maximum Gasteiger partial charge on any atom is 0.417 e. The van der Waals surface area contributed by atoms with E-state index in [2.05, 4.69) is 15.4 Å². The molecule has 0 saturated heterocycles. The third kappa shape index (κ3) is 3.83. The highest BCUT2D eigenvalue weighted by molar-refractivity contribution is 7.80. The van der Waals surface area contributed by atoms with Gasteiger partial charge in [0.1, 0.15) is 4.88 Å². The van der Waals surface area contributed by atoms with E-state index >= 15 is 0 Å². The molecule has 6 nitrogen and oxygen atoms in total. The van der Waals surface area contributed by atoms with Gasteiger partial charge in [-0.15, -0.1) is 11.3 Å². The SMILES string of the molecule is CN(NC(=O)c1sc2cc(C(F)(F)F)cnc2c1-c1ccccn1)C(N)=S. The van der Waals surface area contributed by atoms with Gasteiger partial charge in [0, 0.05) is 19.4 Å². The molecule has 3 N–H and O–H groups in total. The first-order chi connectivity index (χ1) is 12.7. The summed E-state index contributed by atoms with van der Waals surface area (Å²) in [6.07, 6.45) is -2.28. The molecule has 3 rings (SSSR count). The van der Waals surface area contributed by atoms with Crippen LogP contribution in [-0.2, 0) is 6.18 Å². The molecule has 11 heteroatoms. The van der Waals surface area contributed by atoms with E-state index in [-0.39, 0.29) is 20.2 Å². The average Bonchev–Trinajstić information content (AvgIpc) is 3.00. The Bertz CT molecular complexity index is 1020. The maximum atomic E-state index is 13.0. The van der Waals surface area contributed by atoms with Crippen LogP contribution < -0.4 is 11.2 Å². The number of alkyl halides is 3. The van der Waals surface area contributed by atoms with Gasteiger partial charge < -0.3 is 5.73 Å². The number of hydrogen-bond donors (Lipinski definition) is 2. The van der Waals surface area contributed by atoms with Crippen LogP contribution in [0.4, 0.5) is 13.2 Å². The number of nitrogens with two attached hydrogens (primary N) is 1. The molecule has 3 aromatic rings. The van der Waals surface area contributed by atoms with E-state index in [1.165, 1.54) is 13.2 Å². The zero-order chi connectivity index (χ0) is 19.8. The topological polar surface area (TPSA) is 84.1 Å².